The topological polar surface area (TPSA) is 73.4 Å². The normalized spacial score (nSPS) is 15.2. The van der Waals surface area contributed by atoms with E-state index < -0.39 is 0 Å². The van der Waals surface area contributed by atoms with Gasteiger partial charge in [0.15, 0.2) is 0 Å². The second kappa shape index (κ2) is 11.5. The number of imidazole rings is 1. The van der Waals surface area contributed by atoms with E-state index in [1.807, 2.05) is 45.9 Å². The van der Waals surface area contributed by atoms with Gasteiger partial charge in [-0.2, -0.15) is 0 Å². The first kappa shape index (κ1) is 24.8. The number of fused-ring (bicyclic) bond motifs is 1. The Morgan fingerprint density at radius 1 is 0.919 bits per heavy atom. The Morgan fingerprint density at radius 2 is 1.49 bits per heavy atom. The van der Waals surface area contributed by atoms with Crippen molar-refractivity contribution in [1.82, 2.24) is 24.7 Å². The van der Waals surface area contributed by atoms with E-state index in [-0.39, 0.29) is 23.8 Å². The molecule has 0 saturated carbocycles. The number of amides is 2. The van der Waals surface area contributed by atoms with Gasteiger partial charge in [0.25, 0.3) is 0 Å². The lowest BCUT2D eigenvalue weighted by molar-refractivity contribution is 0.159. The molecule has 1 aliphatic rings. The maximum atomic E-state index is 13.0. The maximum absolute atomic E-state index is 13.0. The van der Waals surface area contributed by atoms with Crippen LogP contribution in [0.1, 0.15) is 36.9 Å². The number of aromatic amines is 1. The molecule has 0 spiro atoms. The molecule has 1 saturated heterocycles. The lowest BCUT2D eigenvalue weighted by atomic mass is 10.0. The highest BCUT2D eigenvalue weighted by Crippen LogP contribution is 2.25. The van der Waals surface area contributed by atoms with E-state index in [9.17, 15) is 9.59 Å². The van der Waals surface area contributed by atoms with Crippen molar-refractivity contribution in [3.05, 3.63) is 107 Å². The van der Waals surface area contributed by atoms with Gasteiger partial charge >= 0.3 is 11.7 Å². The lowest BCUT2D eigenvalue weighted by Gasteiger charge is -2.34. The van der Waals surface area contributed by atoms with Gasteiger partial charge in [0.05, 0.1) is 11.0 Å². The number of urea groups is 1. The van der Waals surface area contributed by atoms with Gasteiger partial charge in [-0.25, -0.2) is 9.59 Å². The standard InChI is InChI=1S/C30H35N5O2/c1-23(34(21-24-10-4-2-5-11-24)22-25-12-6-3-7-13-25)20-31-29(36)33-18-16-26(17-19-33)35-28-15-9-8-14-27(28)32-30(35)37/h2-15,23,26H,16-22H2,1H3,(H,31,36)(H,32,37)/t23-/m0/s1. The number of benzene rings is 3. The molecular weight excluding hydrogens is 462 g/mol. The SMILES string of the molecule is C[C@@H](CNC(=O)N1CCC(n2c(=O)[nH]c3ccccc32)CC1)N(Cc1ccccc1)Cc1ccccc1. The van der Waals surface area contributed by atoms with Crippen LogP contribution in [0.2, 0.25) is 0 Å². The number of hydrogen-bond donors (Lipinski definition) is 2. The molecule has 7 heteroatoms. The van der Waals surface area contributed by atoms with Gasteiger partial charge in [0, 0.05) is 44.8 Å². The number of rotatable bonds is 8. The molecule has 3 aromatic carbocycles. The molecule has 1 aliphatic heterocycles. The molecule has 0 aliphatic carbocycles. The Bertz CT molecular complexity index is 1320. The molecule has 1 atom stereocenters. The zero-order valence-electron chi connectivity index (χ0n) is 21.3. The van der Waals surface area contributed by atoms with Crippen LogP contribution in [0, 0.1) is 0 Å². The molecule has 2 amide bonds. The molecule has 2 N–H and O–H groups in total. The van der Waals surface area contributed by atoms with Crippen molar-refractivity contribution in [2.45, 2.75) is 44.9 Å². The predicted octanol–water partition coefficient (Wildman–Crippen LogP) is 4.77. The minimum absolute atomic E-state index is 0.0315. The van der Waals surface area contributed by atoms with Gasteiger partial charge < -0.3 is 15.2 Å². The molecule has 1 aromatic heterocycles. The Balaban J connectivity index is 1.17. The molecule has 5 rings (SSSR count). The van der Waals surface area contributed by atoms with Crippen molar-refractivity contribution in [2.75, 3.05) is 19.6 Å². The zero-order valence-corrected chi connectivity index (χ0v) is 21.3. The van der Waals surface area contributed by atoms with Gasteiger partial charge in [-0.05, 0) is 43.0 Å². The second-order valence-electron chi connectivity index (χ2n) is 9.95. The number of H-pyrrole nitrogens is 1. The third-order valence-corrected chi connectivity index (χ3v) is 7.37. The van der Waals surface area contributed by atoms with Crippen LogP contribution in [0.25, 0.3) is 11.0 Å². The second-order valence-corrected chi connectivity index (χ2v) is 9.95. The van der Waals surface area contributed by atoms with Gasteiger partial charge in [-0.15, -0.1) is 0 Å². The Hall–Kier alpha value is -3.84. The number of para-hydroxylation sites is 2. The molecular formula is C30H35N5O2. The van der Waals surface area contributed by atoms with E-state index in [0.717, 1.165) is 37.0 Å². The number of carbonyl (C=O) groups is 1. The molecule has 0 bridgehead atoms. The molecule has 0 unspecified atom stereocenters. The van der Waals surface area contributed by atoms with Crippen molar-refractivity contribution < 1.29 is 4.79 Å². The quantitative estimate of drug-likeness (QED) is 0.368. The summed E-state index contributed by atoms with van der Waals surface area (Å²) in [5.41, 5.74) is 4.23. The number of carbonyl (C=O) groups excluding carboxylic acids is 1. The largest absolute Gasteiger partial charge is 0.336 e. The average molecular weight is 498 g/mol. The number of likely N-dealkylation sites (tertiary alicyclic amines) is 1. The highest BCUT2D eigenvalue weighted by molar-refractivity contribution is 5.75. The average Bonchev–Trinajstić information content (AvgIpc) is 3.28. The minimum Gasteiger partial charge on any atom is -0.336 e. The third-order valence-electron chi connectivity index (χ3n) is 7.37. The van der Waals surface area contributed by atoms with E-state index in [1.165, 1.54) is 11.1 Å². The smallest absolute Gasteiger partial charge is 0.326 e. The van der Waals surface area contributed by atoms with Crippen LogP contribution in [-0.4, -0.2) is 51.1 Å². The van der Waals surface area contributed by atoms with Gasteiger partial charge in [-0.3, -0.25) is 9.47 Å². The fraction of sp³-hybridized carbons (Fsp3) is 0.333. The van der Waals surface area contributed by atoms with E-state index in [4.69, 9.17) is 0 Å². The number of nitrogens with one attached hydrogen (secondary N) is 2. The highest BCUT2D eigenvalue weighted by Gasteiger charge is 2.26. The molecule has 0 radical (unpaired) electrons. The third kappa shape index (κ3) is 5.94. The van der Waals surface area contributed by atoms with Crippen LogP contribution < -0.4 is 11.0 Å². The maximum Gasteiger partial charge on any atom is 0.326 e. The summed E-state index contributed by atoms with van der Waals surface area (Å²) in [6.07, 6.45) is 1.53. The Labute approximate surface area is 217 Å². The lowest BCUT2D eigenvalue weighted by Crippen LogP contribution is -2.49. The van der Waals surface area contributed by atoms with Crippen LogP contribution in [0.15, 0.2) is 89.7 Å². The van der Waals surface area contributed by atoms with Crippen LogP contribution in [0.4, 0.5) is 4.79 Å². The van der Waals surface area contributed by atoms with E-state index >= 15 is 0 Å². The summed E-state index contributed by atoms with van der Waals surface area (Å²) in [6.45, 7) is 5.64. The molecule has 2 heterocycles. The number of piperidine rings is 1. The van der Waals surface area contributed by atoms with Crippen molar-refractivity contribution in [1.29, 1.82) is 0 Å². The predicted molar refractivity (Wildman–Crippen MR) is 147 cm³/mol. The minimum atomic E-state index is -0.0742. The van der Waals surface area contributed by atoms with E-state index in [1.54, 1.807) is 0 Å². The van der Waals surface area contributed by atoms with Crippen molar-refractivity contribution in [3.63, 3.8) is 0 Å². The zero-order chi connectivity index (χ0) is 25.6. The van der Waals surface area contributed by atoms with Gasteiger partial charge in [0.1, 0.15) is 0 Å². The van der Waals surface area contributed by atoms with Crippen molar-refractivity contribution in [2.24, 2.45) is 0 Å². The van der Waals surface area contributed by atoms with Crippen LogP contribution in [0.5, 0.6) is 0 Å². The summed E-state index contributed by atoms with van der Waals surface area (Å²) in [5, 5.41) is 3.17. The molecule has 4 aromatic rings. The highest BCUT2D eigenvalue weighted by atomic mass is 16.2. The summed E-state index contributed by atoms with van der Waals surface area (Å²) in [6, 6.07) is 28.9. The van der Waals surface area contributed by atoms with Crippen LogP contribution in [0.3, 0.4) is 0 Å². The first-order chi connectivity index (χ1) is 18.1. The fourth-order valence-electron chi connectivity index (χ4n) is 5.24. The summed E-state index contributed by atoms with van der Waals surface area (Å²) < 4.78 is 1.86. The van der Waals surface area contributed by atoms with Crippen LogP contribution >= 0.6 is 0 Å². The van der Waals surface area contributed by atoms with Gasteiger partial charge in [-0.1, -0.05) is 72.8 Å². The first-order valence-corrected chi connectivity index (χ1v) is 13.1. The fourth-order valence-corrected chi connectivity index (χ4v) is 5.24. The number of nitrogens with zero attached hydrogens (tertiary/aromatic N) is 3. The summed E-state index contributed by atoms with van der Waals surface area (Å²) in [4.78, 5) is 32.8. The van der Waals surface area contributed by atoms with Gasteiger partial charge in [0.2, 0.25) is 0 Å². The first-order valence-electron chi connectivity index (χ1n) is 13.1. The number of aromatic nitrogens is 2. The van der Waals surface area contributed by atoms with E-state index in [2.05, 4.69) is 70.7 Å². The number of hydrogen-bond acceptors (Lipinski definition) is 3. The summed E-state index contributed by atoms with van der Waals surface area (Å²) in [7, 11) is 0. The molecule has 7 nitrogen and oxygen atoms in total. The van der Waals surface area contributed by atoms with Crippen molar-refractivity contribution >= 4 is 17.1 Å². The molecule has 1 fully saturated rings. The van der Waals surface area contributed by atoms with Crippen LogP contribution in [-0.2, 0) is 13.1 Å². The monoisotopic (exact) mass is 497 g/mol. The Morgan fingerprint density at radius 3 is 2.11 bits per heavy atom. The summed E-state index contributed by atoms with van der Waals surface area (Å²) in [5.74, 6) is 0. The van der Waals surface area contributed by atoms with Crippen molar-refractivity contribution in [3.8, 4) is 0 Å². The molecule has 192 valence electrons. The Kier molecular flexibility index (Phi) is 7.70. The summed E-state index contributed by atoms with van der Waals surface area (Å²) >= 11 is 0. The molecule has 37 heavy (non-hydrogen) atoms. The van der Waals surface area contributed by atoms with E-state index in [0.29, 0.717) is 19.6 Å².